The lowest BCUT2D eigenvalue weighted by atomic mass is 10.1. The molecule has 0 aromatic carbocycles. The molecule has 0 saturated heterocycles. The van der Waals surface area contributed by atoms with Crippen molar-refractivity contribution in [2.45, 2.75) is 129 Å². The fourth-order valence-electron chi connectivity index (χ4n) is 3.79. The molecule has 0 spiro atoms. The maximum absolute atomic E-state index is 14.8. The summed E-state index contributed by atoms with van der Waals surface area (Å²) in [7, 11) is 0. The molecule has 8 nitrogen and oxygen atoms in total. The number of alkyl halides is 32. The molecule has 0 bridgehead atoms. The molecule has 0 saturated carbocycles. The number of rotatable bonds is 22. The quantitative estimate of drug-likeness (QED) is 0.0829. The van der Waals surface area contributed by atoms with Crippen LogP contribution in [-0.4, -0.2) is 116 Å². The van der Waals surface area contributed by atoms with E-state index in [4.69, 9.17) is 0 Å². The molecule has 2 amide bonds. The first kappa shape index (κ1) is 61.5. The standard InChI is InChI=1S/C25H18F32N2O6/c26-11(17(35,36)37,9(60)58-7-5-3-1-2-4-6-8-59-10(61)12(27,28)29)62-23(52,53)14(32,19(41,42)43)64-25(56,57)16(34,21(47,48)49)65-24(54,55)15(33,20(44,45)46)63-22(50,51)13(30,31)18(38,39)40/h1-8H2,(H,58,60)(H,59,61). The first-order valence-corrected chi connectivity index (χ1v) is 15.5. The second-order valence-electron chi connectivity index (χ2n) is 12.1. The summed E-state index contributed by atoms with van der Waals surface area (Å²) in [5.74, 6) is -49.4. The summed E-state index contributed by atoms with van der Waals surface area (Å²) >= 11 is 0. The number of nitrogens with one attached hydrogen (secondary N) is 2. The minimum absolute atomic E-state index is 0.0359. The highest BCUT2D eigenvalue weighted by Gasteiger charge is 2.90. The van der Waals surface area contributed by atoms with E-state index in [9.17, 15) is 150 Å². The van der Waals surface area contributed by atoms with E-state index in [0.717, 1.165) is 14.2 Å². The van der Waals surface area contributed by atoms with Gasteiger partial charge in [0.05, 0.1) is 0 Å². The third-order valence-electron chi connectivity index (χ3n) is 7.10. The van der Waals surface area contributed by atoms with Crippen molar-refractivity contribution >= 4 is 11.8 Å². The van der Waals surface area contributed by atoms with E-state index >= 15 is 0 Å². The van der Waals surface area contributed by atoms with Crippen molar-refractivity contribution in [3.8, 4) is 0 Å². The molecule has 0 heterocycles. The lowest BCUT2D eigenvalue weighted by molar-refractivity contribution is -0.592. The summed E-state index contributed by atoms with van der Waals surface area (Å²) in [4.78, 5) is 22.5. The van der Waals surface area contributed by atoms with Crippen molar-refractivity contribution in [1.29, 1.82) is 0 Å². The van der Waals surface area contributed by atoms with Crippen LogP contribution in [0.4, 0.5) is 140 Å². The second kappa shape index (κ2) is 18.9. The molecule has 0 aliphatic carbocycles. The summed E-state index contributed by atoms with van der Waals surface area (Å²) in [6.07, 6.45) is -84.7. The molecule has 2 N–H and O–H groups in total. The van der Waals surface area contributed by atoms with Crippen molar-refractivity contribution in [2.75, 3.05) is 13.1 Å². The molecule has 388 valence electrons. The van der Waals surface area contributed by atoms with Gasteiger partial charge in [0.15, 0.2) is 0 Å². The highest BCUT2D eigenvalue weighted by Crippen LogP contribution is 2.61. The Labute approximate surface area is 335 Å². The van der Waals surface area contributed by atoms with Crippen LogP contribution in [0.2, 0.25) is 0 Å². The summed E-state index contributed by atoms with van der Waals surface area (Å²) in [5, 5.41) is 2.02. The zero-order valence-electron chi connectivity index (χ0n) is 29.7. The highest BCUT2D eigenvalue weighted by molar-refractivity contribution is 5.84. The number of hydrogen-bond donors (Lipinski definition) is 2. The number of carbonyl (C=O) groups is 2. The molecule has 0 fully saturated rings. The fraction of sp³-hybridized carbons (Fsp3) is 0.920. The number of unbranched alkanes of at least 4 members (excludes halogenated alkanes) is 5. The van der Waals surface area contributed by atoms with Crippen molar-refractivity contribution in [1.82, 2.24) is 10.6 Å². The van der Waals surface area contributed by atoms with Gasteiger partial charge in [-0.05, 0) is 12.8 Å². The molecular weight excluding hydrogens is 1030 g/mol. The van der Waals surface area contributed by atoms with Crippen LogP contribution in [0.3, 0.4) is 0 Å². The van der Waals surface area contributed by atoms with Gasteiger partial charge in [0.1, 0.15) is 0 Å². The number of hydrogen-bond acceptors (Lipinski definition) is 6. The van der Waals surface area contributed by atoms with Crippen LogP contribution < -0.4 is 10.6 Å². The Morgan fingerprint density at radius 3 is 0.831 bits per heavy atom. The van der Waals surface area contributed by atoms with Gasteiger partial charge < -0.3 is 10.6 Å². The summed E-state index contributed by atoms with van der Waals surface area (Å²) in [6.45, 7) is -2.04. The fourth-order valence-corrected chi connectivity index (χ4v) is 3.79. The van der Waals surface area contributed by atoms with E-state index < -0.39 is 122 Å². The van der Waals surface area contributed by atoms with Crippen molar-refractivity contribution in [2.24, 2.45) is 0 Å². The van der Waals surface area contributed by atoms with E-state index in [0.29, 0.717) is 5.32 Å². The van der Waals surface area contributed by atoms with Crippen LogP contribution in [0.5, 0.6) is 0 Å². The van der Waals surface area contributed by atoms with Crippen molar-refractivity contribution in [3.63, 3.8) is 0 Å². The Bertz CT molecular complexity index is 1600. The Hall–Kier alpha value is -3.46. The molecule has 4 atom stereocenters. The van der Waals surface area contributed by atoms with Crippen molar-refractivity contribution in [3.05, 3.63) is 0 Å². The Balaban J connectivity index is 6.89. The van der Waals surface area contributed by atoms with Gasteiger partial charge >= 0.3 is 96.7 Å². The molecule has 0 rings (SSSR count). The average Bonchev–Trinajstić information content (AvgIpc) is 3.04. The number of carbonyl (C=O) groups excluding carboxylic acids is 2. The smallest absolute Gasteiger partial charge is 0.351 e. The molecular formula is C25H18F32N2O6. The average molecular weight is 1050 g/mol. The predicted octanol–water partition coefficient (Wildman–Crippen LogP) is 10.7. The monoisotopic (exact) mass is 1050 g/mol. The first-order chi connectivity index (χ1) is 28.1. The van der Waals surface area contributed by atoms with E-state index in [1.54, 1.807) is 4.74 Å². The maximum Gasteiger partial charge on any atom is 0.471 e. The van der Waals surface area contributed by atoms with Gasteiger partial charge in [-0.3, -0.25) is 28.5 Å². The summed E-state index contributed by atoms with van der Waals surface area (Å²) < 4.78 is 435. The number of halogens is 32. The van der Waals surface area contributed by atoms with E-state index in [1.807, 2.05) is 0 Å². The third-order valence-corrected chi connectivity index (χ3v) is 7.10. The largest absolute Gasteiger partial charge is 0.471 e. The van der Waals surface area contributed by atoms with Gasteiger partial charge in [-0.25, -0.2) is 0 Å². The Morgan fingerprint density at radius 2 is 0.569 bits per heavy atom. The van der Waals surface area contributed by atoms with E-state index in [-0.39, 0.29) is 32.1 Å². The van der Waals surface area contributed by atoms with Crippen molar-refractivity contribution < 1.29 is 169 Å². The second-order valence-corrected chi connectivity index (χ2v) is 12.1. The number of amides is 2. The highest BCUT2D eigenvalue weighted by atomic mass is 19.5. The van der Waals surface area contributed by atoms with Crippen LogP contribution >= 0.6 is 0 Å². The molecule has 4 unspecified atom stereocenters. The molecule has 0 radical (unpaired) electrons. The van der Waals surface area contributed by atoms with Crippen LogP contribution in [0.1, 0.15) is 38.5 Å². The molecule has 40 heteroatoms. The lowest BCUT2D eigenvalue weighted by Crippen LogP contribution is -2.72. The molecule has 0 aliphatic heterocycles. The zero-order chi connectivity index (χ0) is 52.6. The Morgan fingerprint density at radius 1 is 0.308 bits per heavy atom. The molecule has 65 heavy (non-hydrogen) atoms. The molecule has 0 aromatic heterocycles. The lowest BCUT2D eigenvalue weighted by Gasteiger charge is -2.44. The number of ether oxygens (including phenoxy) is 4. The topological polar surface area (TPSA) is 95.1 Å². The van der Waals surface area contributed by atoms with Gasteiger partial charge in [-0.15, -0.1) is 0 Å². The van der Waals surface area contributed by atoms with Crippen LogP contribution in [0, 0.1) is 0 Å². The SMILES string of the molecule is O=C(NCCCCCCCCNC(=O)C(F)(OC(F)(F)C(F)(OC(F)(F)C(F)(OC(F)(F)C(F)(OC(F)(F)C(F)(F)C(F)(F)F)C(F)(F)F)C(F)(F)F)C(F)(F)F)C(F)(F)F)C(F)(F)F. The third kappa shape index (κ3) is 13.0. The van der Waals surface area contributed by atoms with Crippen LogP contribution in [0.25, 0.3) is 0 Å². The Kier molecular flexibility index (Phi) is 17.9. The van der Waals surface area contributed by atoms with Crippen LogP contribution in [0.15, 0.2) is 0 Å². The normalized spacial score (nSPS) is 18.6. The summed E-state index contributed by atoms with van der Waals surface area (Å²) in [6, 6.07) is 0. The minimum Gasteiger partial charge on any atom is -0.351 e. The van der Waals surface area contributed by atoms with Gasteiger partial charge in [0.25, 0.3) is 5.91 Å². The minimum atomic E-state index is -9.30. The molecule has 0 aliphatic rings. The maximum atomic E-state index is 14.8. The van der Waals surface area contributed by atoms with Gasteiger partial charge in [-0.1, -0.05) is 25.7 Å². The first-order valence-electron chi connectivity index (χ1n) is 15.5. The van der Waals surface area contributed by atoms with Gasteiger partial charge in [-0.2, -0.15) is 140 Å². The summed E-state index contributed by atoms with van der Waals surface area (Å²) in [5.41, 5.74) is 0. The van der Waals surface area contributed by atoms with E-state index in [2.05, 4.69) is 0 Å². The molecule has 0 aromatic rings. The predicted molar refractivity (Wildman–Crippen MR) is 134 cm³/mol. The zero-order valence-corrected chi connectivity index (χ0v) is 29.7. The van der Waals surface area contributed by atoms with Crippen LogP contribution in [-0.2, 0) is 28.5 Å². The van der Waals surface area contributed by atoms with Gasteiger partial charge in [0.2, 0.25) is 0 Å². The van der Waals surface area contributed by atoms with Gasteiger partial charge in [0, 0.05) is 13.1 Å². The van der Waals surface area contributed by atoms with E-state index in [1.165, 1.54) is 5.32 Å².